The Labute approximate surface area is 127 Å². The number of hydrogen-bond acceptors (Lipinski definition) is 4. The fraction of sp³-hybridized carbons (Fsp3) is 0.125. The summed E-state index contributed by atoms with van der Waals surface area (Å²) < 4.78 is 5.56. The van der Waals surface area contributed by atoms with Gasteiger partial charge in [-0.15, -0.1) is 11.8 Å². The molecule has 0 saturated heterocycles. The molecule has 0 aromatic heterocycles. The van der Waals surface area contributed by atoms with Crippen LogP contribution in [0.2, 0.25) is 0 Å². The molecule has 2 aromatic rings. The number of carboxylic acid groups (broad SMARTS) is 1. The largest absolute Gasteiger partial charge is 0.493 e. The number of nitriles is 1. The van der Waals surface area contributed by atoms with Gasteiger partial charge in [0.1, 0.15) is 5.75 Å². The van der Waals surface area contributed by atoms with Gasteiger partial charge in [-0.3, -0.25) is 0 Å². The zero-order chi connectivity index (χ0) is 15.1. The highest BCUT2D eigenvalue weighted by Gasteiger charge is 2.02. The molecule has 0 radical (unpaired) electrons. The molecule has 0 unspecified atom stereocenters. The van der Waals surface area contributed by atoms with E-state index in [0.29, 0.717) is 12.2 Å². The Bertz CT molecular complexity index is 645. The summed E-state index contributed by atoms with van der Waals surface area (Å²) in [7, 11) is 0. The van der Waals surface area contributed by atoms with Gasteiger partial charge in [0.15, 0.2) is 0 Å². The van der Waals surface area contributed by atoms with Crippen LogP contribution in [-0.2, 0) is 0 Å². The van der Waals surface area contributed by atoms with Crippen LogP contribution in [-0.4, -0.2) is 23.4 Å². The lowest BCUT2D eigenvalue weighted by atomic mass is 10.2. The van der Waals surface area contributed by atoms with E-state index >= 15 is 0 Å². The first-order valence-corrected chi connectivity index (χ1v) is 7.27. The molecule has 21 heavy (non-hydrogen) atoms. The smallest absolute Gasteiger partial charge is 0.335 e. The second kappa shape index (κ2) is 7.36. The Morgan fingerprint density at radius 2 is 1.81 bits per heavy atom. The number of rotatable bonds is 6. The summed E-state index contributed by atoms with van der Waals surface area (Å²) in [6.07, 6.45) is 0. The molecular weight excluding hydrogens is 286 g/mol. The lowest BCUT2D eigenvalue weighted by Crippen LogP contribution is -2.00. The summed E-state index contributed by atoms with van der Waals surface area (Å²) in [5, 5.41) is 17.5. The standard InChI is InChI=1S/C16H13NO3S/c17-11-12-1-5-14(6-2-12)20-9-10-21-15-7-3-13(4-8-15)16(18)19/h1-8H,9-10H2,(H,18,19). The van der Waals surface area contributed by atoms with Gasteiger partial charge >= 0.3 is 5.97 Å². The van der Waals surface area contributed by atoms with Gasteiger partial charge in [-0.2, -0.15) is 5.26 Å². The topological polar surface area (TPSA) is 70.3 Å². The second-order valence-corrected chi connectivity index (χ2v) is 5.33. The van der Waals surface area contributed by atoms with E-state index in [4.69, 9.17) is 15.1 Å². The van der Waals surface area contributed by atoms with E-state index in [1.165, 1.54) is 0 Å². The van der Waals surface area contributed by atoms with Crippen molar-refractivity contribution in [3.8, 4) is 11.8 Å². The molecule has 0 atom stereocenters. The Hall–Kier alpha value is -2.45. The molecule has 5 heteroatoms. The minimum atomic E-state index is -0.921. The number of benzene rings is 2. The summed E-state index contributed by atoms with van der Waals surface area (Å²) in [6.45, 7) is 0.539. The maximum Gasteiger partial charge on any atom is 0.335 e. The van der Waals surface area contributed by atoms with Crippen molar-refractivity contribution in [3.05, 3.63) is 59.7 Å². The minimum Gasteiger partial charge on any atom is -0.493 e. The highest BCUT2D eigenvalue weighted by molar-refractivity contribution is 7.99. The monoisotopic (exact) mass is 299 g/mol. The van der Waals surface area contributed by atoms with Gasteiger partial charge in [-0.05, 0) is 48.5 Å². The van der Waals surface area contributed by atoms with Crippen molar-refractivity contribution >= 4 is 17.7 Å². The average Bonchev–Trinajstić information content (AvgIpc) is 2.52. The first-order valence-electron chi connectivity index (χ1n) is 6.28. The van der Waals surface area contributed by atoms with E-state index in [-0.39, 0.29) is 5.56 Å². The lowest BCUT2D eigenvalue weighted by molar-refractivity contribution is 0.0697. The van der Waals surface area contributed by atoms with E-state index in [1.807, 2.05) is 0 Å². The minimum absolute atomic E-state index is 0.285. The molecule has 1 N–H and O–H groups in total. The van der Waals surface area contributed by atoms with Crippen molar-refractivity contribution in [3.63, 3.8) is 0 Å². The number of ether oxygens (including phenoxy) is 1. The van der Waals surface area contributed by atoms with Crippen molar-refractivity contribution in [2.24, 2.45) is 0 Å². The third-order valence-corrected chi connectivity index (χ3v) is 3.68. The number of aromatic carboxylic acids is 1. The van der Waals surface area contributed by atoms with Crippen LogP contribution in [0.5, 0.6) is 5.75 Å². The molecule has 106 valence electrons. The van der Waals surface area contributed by atoms with Crippen LogP contribution in [0, 0.1) is 11.3 Å². The van der Waals surface area contributed by atoms with E-state index in [1.54, 1.807) is 60.3 Å². The van der Waals surface area contributed by atoms with E-state index in [2.05, 4.69) is 6.07 Å². The van der Waals surface area contributed by atoms with Crippen LogP contribution >= 0.6 is 11.8 Å². The van der Waals surface area contributed by atoms with Gasteiger partial charge in [0, 0.05) is 10.6 Å². The molecule has 0 bridgehead atoms. The zero-order valence-corrected chi connectivity index (χ0v) is 12.0. The molecule has 0 heterocycles. The van der Waals surface area contributed by atoms with Crippen LogP contribution < -0.4 is 4.74 Å². The zero-order valence-electron chi connectivity index (χ0n) is 11.2. The van der Waals surface area contributed by atoms with Crippen LogP contribution in [0.3, 0.4) is 0 Å². The van der Waals surface area contributed by atoms with Gasteiger partial charge in [-0.1, -0.05) is 0 Å². The highest BCUT2D eigenvalue weighted by atomic mass is 32.2. The fourth-order valence-corrected chi connectivity index (χ4v) is 2.37. The van der Waals surface area contributed by atoms with Crippen LogP contribution in [0.25, 0.3) is 0 Å². The number of carbonyl (C=O) groups is 1. The van der Waals surface area contributed by atoms with Gasteiger partial charge < -0.3 is 9.84 Å². The number of hydrogen-bond donors (Lipinski definition) is 1. The quantitative estimate of drug-likeness (QED) is 0.653. The molecule has 2 aromatic carbocycles. The first-order chi connectivity index (χ1) is 10.2. The van der Waals surface area contributed by atoms with Gasteiger partial charge in [0.25, 0.3) is 0 Å². The molecular formula is C16H13NO3S. The Morgan fingerprint density at radius 1 is 1.14 bits per heavy atom. The van der Waals surface area contributed by atoms with Crippen LogP contribution in [0.4, 0.5) is 0 Å². The predicted octanol–water partition coefficient (Wildman–Crippen LogP) is 3.43. The number of carboxylic acids is 1. The Morgan fingerprint density at radius 3 is 2.38 bits per heavy atom. The molecule has 0 aliphatic rings. The van der Waals surface area contributed by atoms with Crippen LogP contribution in [0.15, 0.2) is 53.4 Å². The SMILES string of the molecule is N#Cc1ccc(OCCSc2ccc(C(=O)O)cc2)cc1. The van der Waals surface area contributed by atoms with Crippen molar-refractivity contribution in [1.29, 1.82) is 5.26 Å². The molecule has 0 aliphatic heterocycles. The molecule has 0 amide bonds. The summed E-state index contributed by atoms with van der Waals surface area (Å²) >= 11 is 1.60. The molecule has 0 spiro atoms. The van der Waals surface area contributed by atoms with E-state index in [9.17, 15) is 4.79 Å². The number of thioether (sulfide) groups is 1. The average molecular weight is 299 g/mol. The Kier molecular flexibility index (Phi) is 5.24. The maximum atomic E-state index is 10.7. The molecule has 0 fully saturated rings. The van der Waals surface area contributed by atoms with Gasteiger partial charge in [-0.25, -0.2) is 4.79 Å². The van der Waals surface area contributed by atoms with Gasteiger partial charge in [0.05, 0.1) is 23.8 Å². The highest BCUT2D eigenvalue weighted by Crippen LogP contribution is 2.19. The van der Waals surface area contributed by atoms with Crippen LogP contribution in [0.1, 0.15) is 15.9 Å². The van der Waals surface area contributed by atoms with Crippen molar-refractivity contribution < 1.29 is 14.6 Å². The first kappa shape index (κ1) is 14.9. The molecule has 2 rings (SSSR count). The Balaban J connectivity index is 1.76. The van der Waals surface area contributed by atoms with E-state index < -0.39 is 5.97 Å². The third-order valence-electron chi connectivity index (χ3n) is 2.71. The van der Waals surface area contributed by atoms with Crippen molar-refractivity contribution in [2.45, 2.75) is 4.90 Å². The van der Waals surface area contributed by atoms with Crippen molar-refractivity contribution in [1.82, 2.24) is 0 Å². The summed E-state index contributed by atoms with van der Waals surface area (Å²) in [6, 6.07) is 15.8. The summed E-state index contributed by atoms with van der Waals surface area (Å²) in [5.74, 6) is 0.568. The maximum absolute atomic E-state index is 10.7. The summed E-state index contributed by atoms with van der Waals surface area (Å²) in [4.78, 5) is 11.7. The van der Waals surface area contributed by atoms with Crippen molar-refractivity contribution in [2.75, 3.05) is 12.4 Å². The number of nitrogens with zero attached hydrogens (tertiary/aromatic N) is 1. The predicted molar refractivity (Wildman–Crippen MR) is 80.8 cm³/mol. The molecule has 4 nitrogen and oxygen atoms in total. The van der Waals surface area contributed by atoms with Gasteiger partial charge in [0.2, 0.25) is 0 Å². The second-order valence-electron chi connectivity index (χ2n) is 4.16. The summed E-state index contributed by atoms with van der Waals surface area (Å²) in [5.41, 5.74) is 0.892. The van der Waals surface area contributed by atoms with E-state index in [0.717, 1.165) is 16.4 Å². The third kappa shape index (κ3) is 4.55. The normalized spacial score (nSPS) is 9.86. The molecule has 0 saturated carbocycles. The lowest BCUT2D eigenvalue weighted by Gasteiger charge is -2.06. The molecule has 0 aliphatic carbocycles. The fourth-order valence-electron chi connectivity index (χ4n) is 1.64.